The average Bonchev–Trinajstić information content (AvgIpc) is 2.24. The molecule has 0 aliphatic carbocycles. The molecule has 0 aliphatic heterocycles. The van der Waals surface area contributed by atoms with Gasteiger partial charge in [0.15, 0.2) is 0 Å². The van der Waals surface area contributed by atoms with Crippen LogP contribution < -0.4 is 10.5 Å². The van der Waals surface area contributed by atoms with Crippen molar-refractivity contribution < 1.29 is 13.5 Å². The van der Waals surface area contributed by atoms with Gasteiger partial charge >= 0.3 is 0 Å². The fourth-order valence-electron chi connectivity index (χ4n) is 1.32. The zero-order valence-corrected chi connectivity index (χ0v) is 10.8. The summed E-state index contributed by atoms with van der Waals surface area (Å²) in [5.41, 5.74) is 5.71. The van der Waals surface area contributed by atoms with Crippen LogP contribution in [-0.2, 0) is 10.0 Å². The van der Waals surface area contributed by atoms with E-state index in [0.29, 0.717) is 12.8 Å². The van der Waals surface area contributed by atoms with E-state index < -0.39 is 10.0 Å². The number of unbranched alkanes of at least 4 members (excludes halogenated alkanes) is 1. The monoisotopic (exact) mass is 278 g/mol. The third-order valence-corrected chi connectivity index (χ3v) is 4.15. The van der Waals surface area contributed by atoms with E-state index in [1.165, 1.54) is 12.1 Å². The number of sulfonamides is 1. The fourth-order valence-corrected chi connectivity index (χ4v) is 3.07. The number of nitrogens with two attached hydrogens (primary N) is 1. The number of nitrogen functional groups attached to an aromatic ring is 1. The molecule has 96 valence electrons. The summed E-state index contributed by atoms with van der Waals surface area (Å²) in [5.74, 6) is 0. The third-order valence-electron chi connectivity index (χ3n) is 2.14. The van der Waals surface area contributed by atoms with Crippen molar-refractivity contribution in [1.29, 1.82) is 0 Å². The molecule has 5 nitrogen and oxygen atoms in total. The summed E-state index contributed by atoms with van der Waals surface area (Å²) in [5, 5.41) is 8.68. The molecule has 0 spiro atoms. The maximum Gasteiger partial charge on any atom is 0.244 e. The molecular formula is C10H15ClN2O3S. The van der Waals surface area contributed by atoms with Crippen LogP contribution in [0.15, 0.2) is 23.1 Å². The second-order valence-corrected chi connectivity index (χ2v) is 5.60. The molecule has 0 fully saturated rings. The Balaban J connectivity index is 2.83. The molecule has 0 unspecified atom stereocenters. The third kappa shape index (κ3) is 3.85. The Morgan fingerprint density at radius 3 is 2.65 bits per heavy atom. The molecule has 0 saturated heterocycles. The van der Waals surface area contributed by atoms with Gasteiger partial charge in [-0.25, -0.2) is 13.1 Å². The highest BCUT2D eigenvalue weighted by Gasteiger charge is 2.20. The summed E-state index contributed by atoms with van der Waals surface area (Å²) < 4.78 is 26.2. The molecule has 0 amide bonds. The van der Waals surface area contributed by atoms with Gasteiger partial charge in [-0.3, -0.25) is 0 Å². The zero-order valence-electron chi connectivity index (χ0n) is 9.19. The van der Waals surface area contributed by atoms with Gasteiger partial charge in [0.05, 0.1) is 10.7 Å². The van der Waals surface area contributed by atoms with Crippen molar-refractivity contribution in [2.24, 2.45) is 0 Å². The van der Waals surface area contributed by atoms with E-state index in [9.17, 15) is 8.42 Å². The van der Waals surface area contributed by atoms with Crippen molar-refractivity contribution in [2.45, 2.75) is 17.7 Å². The van der Waals surface area contributed by atoms with Gasteiger partial charge in [-0.05, 0) is 25.0 Å². The molecule has 0 aliphatic rings. The van der Waals surface area contributed by atoms with E-state index in [2.05, 4.69) is 4.72 Å². The molecule has 1 aromatic rings. The molecule has 1 aromatic carbocycles. The van der Waals surface area contributed by atoms with Crippen LogP contribution in [0, 0.1) is 0 Å². The molecule has 1 rings (SSSR count). The van der Waals surface area contributed by atoms with Crippen molar-refractivity contribution in [3.05, 3.63) is 23.2 Å². The van der Waals surface area contributed by atoms with Crippen LogP contribution in [0.25, 0.3) is 0 Å². The normalized spacial score (nSPS) is 11.6. The second-order valence-electron chi connectivity index (χ2n) is 3.49. The summed E-state index contributed by atoms with van der Waals surface area (Å²) >= 11 is 5.81. The Morgan fingerprint density at radius 2 is 2.06 bits per heavy atom. The fraction of sp³-hybridized carbons (Fsp3) is 0.400. The number of nitrogens with one attached hydrogen (secondary N) is 1. The van der Waals surface area contributed by atoms with Gasteiger partial charge in [0.25, 0.3) is 0 Å². The van der Waals surface area contributed by atoms with Crippen LogP contribution in [0.4, 0.5) is 5.69 Å². The van der Waals surface area contributed by atoms with E-state index in [1.807, 2.05) is 0 Å². The van der Waals surface area contributed by atoms with Crippen LogP contribution in [-0.4, -0.2) is 26.7 Å². The number of hydrogen-bond donors (Lipinski definition) is 3. The zero-order chi connectivity index (χ0) is 12.9. The summed E-state index contributed by atoms with van der Waals surface area (Å²) in [4.78, 5) is -0.0920. The van der Waals surface area contributed by atoms with Gasteiger partial charge in [-0.2, -0.15) is 0 Å². The first kappa shape index (κ1) is 14.2. The SMILES string of the molecule is Nc1cccc(Cl)c1S(=O)(=O)NCCCCO. The maximum atomic E-state index is 11.9. The molecule has 0 atom stereocenters. The van der Waals surface area contributed by atoms with Crippen LogP contribution in [0.2, 0.25) is 5.02 Å². The highest BCUT2D eigenvalue weighted by atomic mass is 35.5. The van der Waals surface area contributed by atoms with Crippen molar-refractivity contribution in [1.82, 2.24) is 4.72 Å². The van der Waals surface area contributed by atoms with Crippen LogP contribution >= 0.6 is 11.6 Å². The number of anilines is 1. The highest BCUT2D eigenvalue weighted by Crippen LogP contribution is 2.26. The minimum atomic E-state index is -3.69. The Morgan fingerprint density at radius 1 is 1.35 bits per heavy atom. The number of halogens is 1. The van der Waals surface area contributed by atoms with Crippen molar-refractivity contribution in [2.75, 3.05) is 18.9 Å². The molecule has 7 heteroatoms. The predicted octanol–water partition coefficient (Wildman–Crippen LogP) is 0.973. The van der Waals surface area contributed by atoms with E-state index in [-0.39, 0.29) is 28.8 Å². The summed E-state index contributed by atoms with van der Waals surface area (Å²) in [6.07, 6.45) is 1.10. The Hall–Kier alpha value is -0.820. The van der Waals surface area contributed by atoms with Crippen LogP contribution in [0.1, 0.15) is 12.8 Å². The van der Waals surface area contributed by atoms with Crippen LogP contribution in [0.3, 0.4) is 0 Å². The number of aliphatic hydroxyl groups is 1. The van der Waals surface area contributed by atoms with Crippen molar-refractivity contribution >= 4 is 27.3 Å². The Bertz CT molecular complexity index is 456. The molecule has 17 heavy (non-hydrogen) atoms. The van der Waals surface area contributed by atoms with Gasteiger partial charge in [0, 0.05) is 13.2 Å². The summed E-state index contributed by atoms with van der Waals surface area (Å²) in [6, 6.07) is 4.54. The first-order chi connectivity index (χ1) is 7.99. The van der Waals surface area contributed by atoms with Gasteiger partial charge in [-0.15, -0.1) is 0 Å². The van der Waals surface area contributed by atoms with E-state index >= 15 is 0 Å². The smallest absolute Gasteiger partial charge is 0.244 e. The first-order valence-corrected chi connectivity index (χ1v) is 6.99. The van der Waals surface area contributed by atoms with E-state index in [4.69, 9.17) is 22.4 Å². The standard InChI is InChI=1S/C10H15ClN2O3S/c11-8-4-3-5-9(12)10(8)17(15,16)13-6-1-2-7-14/h3-5,13-14H,1-2,6-7,12H2. The van der Waals surface area contributed by atoms with Crippen molar-refractivity contribution in [3.8, 4) is 0 Å². The second kappa shape index (κ2) is 6.20. The highest BCUT2D eigenvalue weighted by molar-refractivity contribution is 7.89. The summed E-state index contributed by atoms with van der Waals surface area (Å²) in [7, 11) is -3.69. The van der Waals surface area contributed by atoms with Gasteiger partial charge in [-0.1, -0.05) is 17.7 Å². The predicted molar refractivity (Wildman–Crippen MR) is 67.4 cm³/mol. The Kier molecular flexibility index (Phi) is 5.20. The minimum absolute atomic E-state index is 0.0377. The Labute approximate surface area is 106 Å². The van der Waals surface area contributed by atoms with E-state index in [1.54, 1.807) is 6.07 Å². The lowest BCUT2D eigenvalue weighted by atomic mass is 10.3. The quantitative estimate of drug-likeness (QED) is 0.534. The number of rotatable bonds is 6. The first-order valence-electron chi connectivity index (χ1n) is 5.13. The number of benzene rings is 1. The number of aliphatic hydroxyl groups excluding tert-OH is 1. The van der Waals surface area contributed by atoms with E-state index in [0.717, 1.165) is 0 Å². The lowest BCUT2D eigenvalue weighted by molar-refractivity contribution is 0.285. The van der Waals surface area contributed by atoms with Gasteiger partial charge < -0.3 is 10.8 Å². The lowest BCUT2D eigenvalue weighted by Gasteiger charge is -2.10. The number of hydrogen-bond acceptors (Lipinski definition) is 4. The van der Waals surface area contributed by atoms with Crippen molar-refractivity contribution in [3.63, 3.8) is 0 Å². The molecule has 0 radical (unpaired) electrons. The molecule has 0 saturated carbocycles. The minimum Gasteiger partial charge on any atom is -0.398 e. The molecule has 4 N–H and O–H groups in total. The molecular weight excluding hydrogens is 264 g/mol. The molecule has 0 aromatic heterocycles. The average molecular weight is 279 g/mol. The largest absolute Gasteiger partial charge is 0.398 e. The maximum absolute atomic E-state index is 11.9. The molecule has 0 bridgehead atoms. The lowest BCUT2D eigenvalue weighted by Crippen LogP contribution is -2.26. The van der Waals surface area contributed by atoms with Gasteiger partial charge in [0.1, 0.15) is 4.90 Å². The van der Waals surface area contributed by atoms with Crippen LogP contribution in [0.5, 0.6) is 0 Å². The molecule has 0 heterocycles. The topological polar surface area (TPSA) is 92.4 Å². The summed E-state index contributed by atoms with van der Waals surface area (Å²) in [6.45, 7) is 0.281. The van der Waals surface area contributed by atoms with Gasteiger partial charge in [0.2, 0.25) is 10.0 Å².